The van der Waals surface area contributed by atoms with Crippen LogP contribution in [0.15, 0.2) is 18.2 Å². The molecule has 1 N–H and O–H groups in total. The molecule has 0 aromatic heterocycles. The van der Waals surface area contributed by atoms with Crippen LogP contribution < -0.4 is 14.8 Å². The van der Waals surface area contributed by atoms with Crippen molar-refractivity contribution < 1.29 is 23.8 Å². The van der Waals surface area contributed by atoms with E-state index in [1.165, 1.54) is 0 Å². The number of piperidine rings is 1. The van der Waals surface area contributed by atoms with Crippen molar-refractivity contribution in [1.29, 1.82) is 0 Å². The Balaban J connectivity index is 1.55. The first-order chi connectivity index (χ1) is 14.5. The monoisotopic (exact) mass is 419 g/mol. The van der Waals surface area contributed by atoms with E-state index in [1.807, 2.05) is 18.2 Å². The van der Waals surface area contributed by atoms with Crippen molar-refractivity contribution in [3.8, 4) is 11.5 Å². The number of nitrogens with zero attached hydrogens (tertiary/aromatic N) is 2. The molecule has 3 rings (SSSR count). The molecule has 2 amide bonds. The van der Waals surface area contributed by atoms with Crippen LogP contribution in [0, 0.1) is 0 Å². The molecule has 2 aliphatic heterocycles. The Morgan fingerprint density at radius 2 is 1.87 bits per heavy atom. The number of methoxy groups -OCH3 is 2. The van der Waals surface area contributed by atoms with Crippen LogP contribution in [0.4, 0.5) is 4.79 Å². The van der Waals surface area contributed by atoms with Crippen molar-refractivity contribution in [1.82, 2.24) is 15.1 Å². The van der Waals surface area contributed by atoms with Gasteiger partial charge in [-0.1, -0.05) is 0 Å². The number of rotatable bonds is 7. The lowest BCUT2D eigenvalue weighted by Gasteiger charge is -2.32. The number of amides is 2. The Kier molecular flexibility index (Phi) is 7.79. The normalized spacial score (nSPS) is 20.1. The SMILES string of the molecule is CCOC(=O)N1CCC(NC(=O)CN2CCC[C@H]2c2cc(OC)ccc2OC)CC1. The molecule has 1 aromatic rings. The summed E-state index contributed by atoms with van der Waals surface area (Å²) in [7, 11) is 3.32. The maximum atomic E-state index is 12.7. The minimum absolute atomic E-state index is 0.0262. The standard InChI is InChI=1S/C22H33N3O5/c1-4-30-22(27)24-12-9-16(10-13-24)23-21(26)15-25-11-5-6-19(25)18-14-17(28-2)7-8-20(18)29-3/h7-8,14,16,19H,4-6,9-13,15H2,1-3H3,(H,23,26)/t19-/m0/s1. The van der Waals surface area contributed by atoms with Crippen molar-refractivity contribution in [2.75, 3.05) is 47.0 Å². The van der Waals surface area contributed by atoms with Gasteiger partial charge in [-0.15, -0.1) is 0 Å². The van der Waals surface area contributed by atoms with Gasteiger partial charge < -0.3 is 24.4 Å². The average molecular weight is 420 g/mol. The Morgan fingerprint density at radius 3 is 2.53 bits per heavy atom. The molecule has 0 unspecified atom stereocenters. The van der Waals surface area contributed by atoms with Gasteiger partial charge in [-0.25, -0.2) is 4.79 Å². The molecule has 0 aliphatic carbocycles. The zero-order chi connectivity index (χ0) is 21.5. The molecule has 166 valence electrons. The number of carbonyl (C=O) groups excluding carboxylic acids is 2. The fraction of sp³-hybridized carbons (Fsp3) is 0.636. The molecule has 1 aromatic carbocycles. The molecular weight excluding hydrogens is 386 g/mol. The number of ether oxygens (including phenoxy) is 3. The molecule has 2 fully saturated rings. The number of hydrogen-bond acceptors (Lipinski definition) is 6. The van der Waals surface area contributed by atoms with Crippen LogP contribution in [0.3, 0.4) is 0 Å². The minimum atomic E-state index is -0.269. The van der Waals surface area contributed by atoms with Crippen LogP contribution in [-0.4, -0.2) is 74.8 Å². The van der Waals surface area contributed by atoms with Gasteiger partial charge >= 0.3 is 6.09 Å². The third-order valence-electron chi connectivity index (χ3n) is 5.89. The molecule has 0 saturated carbocycles. The van der Waals surface area contributed by atoms with Gasteiger partial charge in [0.2, 0.25) is 5.91 Å². The molecule has 0 bridgehead atoms. The number of carbonyl (C=O) groups is 2. The maximum Gasteiger partial charge on any atom is 0.409 e. The summed E-state index contributed by atoms with van der Waals surface area (Å²) < 4.78 is 16.0. The molecule has 30 heavy (non-hydrogen) atoms. The van der Waals surface area contributed by atoms with E-state index in [2.05, 4.69) is 10.2 Å². The van der Waals surface area contributed by atoms with Crippen LogP contribution >= 0.6 is 0 Å². The van der Waals surface area contributed by atoms with Gasteiger partial charge in [0.25, 0.3) is 0 Å². The van der Waals surface area contributed by atoms with E-state index < -0.39 is 0 Å². The van der Waals surface area contributed by atoms with Crippen LogP contribution in [0.1, 0.15) is 44.2 Å². The lowest BCUT2D eigenvalue weighted by atomic mass is 10.0. The Labute approximate surface area is 178 Å². The van der Waals surface area contributed by atoms with Crippen molar-refractivity contribution in [2.45, 2.75) is 44.7 Å². The third kappa shape index (κ3) is 5.36. The predicted molar refractivity (Wildman–Crippen MR) is 113 cm³/mol. The van der Waals surface area contributed by atoms with Crippen molar-refractivity contribution in [3.63, 3.8) is 0 Å². The van der Waals surface area contributed by atoms with Gasteiger partial charge in [0, 0.05) is 30.7 Å². The van der Waals surface area contributed by atoms with E-state index in [1.54, 1.807) is 26.0 Å². The van der Waals surface area contributed by atoms with Crippen molar-refractivity contribution >= 4 is 12.0 Å². The second-order valence-corrected chi connectivity index (χ2v) is 7.76. The van der Waals surface area contributed by atoms with Gasteiger partial charge in [-0.05, 0) is 57.4 Å². The van der Waals surface area contributed by atoms with E-state index in [0.717, 1.165) is 49.3 Å². The molecule has 0 spiro atoms. The number of likely N-dealkylation sites (tertiary alicyclic amines) is 2. The first-order valence-electron chi connectivity index (χ1n) is 10.7. The molecule has 0 radical (unpaired) electrons. The second-order valence-electron chi connectivity index (χ2n) is 7.76. The first-order valence-corrected chi connectivity index (χ1v) is 10.7. The smallest absolute Gasteiger partial charge is 0.409 e. The Hall–Kier alpha value is -2.48. The lowest BCUT2D eigenvalue weighted by Crippen LogP contribution is -2.48. The van der Waals surface area contributed by atoms with E-state index in [4.69, 9.17) is 14.2 Å². The number of hydrogen-bond donors (Lipinski definition) is 1. The predicted octanol–water partition coefficient (Wildman–Crippen LogP) is 2.58. The van der Waals surface area contributed by atoms with Gasteiger partial charge in [0.15, 0.2) is 0 Å². The Bertz CT molecular complexity index is 733. The summed E-state index contributed by atoms with van der Waals surface area (Å²) in [5.41, 5.74) is 1.06. The maximum absolute atomic E-state index is 12.7. The molecular formula is C22H33N3O5. The number of benzene rings is 1. The summed E-state index contributed by atoms with van der Waals surface area (Å²) in [4.78, 5) is 28.5. The largest absolute Gasteiger partial charge is 0.497 e. The van der Waals surface area contributed by atoms with E-state index in [0.29, 0.717) is 26.2 Å². The molecule has 2 heterocycles. The summed E-state index contributed by atoms with van der Waals surface area (Å²) in [6.45, 7) is 4.62. The topological polar surface area (TPSA) is 80.3 Å². The van der Waals surface area contributed by atoms with E-state index >= 15 is 0 Å². The van der Waals surface area contributed by atoms with Crippen LogP contribution in [-0.2, 0) is 9.53 Å². The summed E-state index contributed by atoms with van der Waals surface area (Å²) in [6, 6.07) is 6.03. The highest BCUT2D eigenvalue weighted by Gasteiger charge is 2.31. The summed E-state index contributed by atoms with van der Waals surface area (Å²) in [5, 5.41) is 3.15. The van der Waals surface area contributed by atoms with Gasteiger partial charge in [0.05, 0.1) is 27.4 Å². The third-order valence-corrected chi connectivity index (χ3v) is 5.89. The number of nitrogens with one attached hydrogen (secondary N) is 1. The highest BCUT2D eigenvalue weighted by molar-refractivity contribution is 5.78. The highest BCUT2D eigenvalue weighted by Crippen LogP contribution is 2.38. The fourth-order valence-electron chi connectivity index (χ4n) is 4.35. The zero-order valence-corrected chi connectivity index (χ0v) is 18.2. The van der Waals surface area contributed by atoms with E-state index in [-0.39, 0.29) is 24.1 Å². The lowest BCUT2D eigenvalue weighted by molar-refractivity contribution is -0.123. The highest BCUT2D eigenvalue weighted by atomic mass is 16.6. The minimum Gasteiger partial charge on any atom is -0.497 e. The average Bonchev–Trinajstić information content (AvgIpc) is 3.21. The molecule has 1 atom stereocenters. The zero-order valence-electron chi connectivity index (χ0n) is 18.2. The Morgan fingerprint density at radius 1 is 1.10 bits per heavy atom. The van der Waals surface area contributed by atoms with Gasteiger partial charge in [0.1, 0.15) is 11.5 Å². The van der Waals surface area contributed by atoms with Crippen LogP contribution in [0.2, 0.25) is 0 Å². The summed E-state index contributed by atoms with van der Waals surface area (Å²) in [6.07, 6.45) is 3.25. The van der Waals surface area contributed by atoms with E-state index in [9.17, 15) is 9.59 Å². The van der Waals surface area contributed by atoms with Crippen molar-refractivity contribution in [2.24, 2.45) is 0 Å². The van der Waals surface area contributed by atoms with Gasteiger partial charge in [-0.2, -0.15) is 0 Å². The van der Waals surface area contributed by atoms with Gasteiger partial charge in [-0.3, -0.25) is 9.69 Å². The molecule has 8 nitrogen and oxygen atoms in total. The van der Waals surface area contributed by atoms with Crippen LogP contribution in [0.25, 0.3) is 0 Å². The summed E-state index contributed by atoms with van der Waals surface area (Å²) >= 11 is 0. The molecule has 2 saturated heterocycles. The molecule has 8 heteroatoms. The first kappa shape index (κ1) is 22.2. The van der Waals surface area contributed by atoms with Crippen LogP contribution in [0.5, 0.6) is 11.5 Å². The van der Waals surface area contributed by atoms with Crippen molar-refractivity contribution in [3.05, 3.63) is 23.8 Å². The second kappa shape index (κ2) is 10.5. The molecule has 2 aliphatic rings. The summed E-state index contributed by atoms with van der Waals surface area (Å²) in [5.74, 6) is 1.63. The fourth-order valence-corrected chi connectivity index (χ4v) is 4.35. The quantitative estimate of drug-likeness (QED) is 0.732.